The summed E-state index contributed by atoms with van der Waals surface area (Å²) in [5, 5.41) is 13.9. The molecule has 0 bridgehead atoms. The maximum Gasteiger partial charge on any atom is 0.329 e. The second kappa shape index (κ2) is 5.13. The van der Waals surface area contributed by atoms with E-state index in [1.165, 1.54) is 0 Å². The molecule has 1 fully saturated rings. The third-order valence-corrected chi connectivity index (χ3v) is 2.95. The van der Waals surface area contributed by atoms with Gasteiger partial charge in [0.25, 0.3) is 0 Å². The van der Waals surface area contributed by atoms with Gasteiger partial charge < -0.3 is 15.8 Å². The van der Waals surface area contributed by atoms with Crippen LogP contribution in [-0.4, -0.2) is 34.1 Å². The molecule has 3 N–H and O–H groups in total. The van der Waals surface area contributed by atoms with E-state index in [1.807, 2.05) is 6.92 Å². The van der Waals surface area contributed by atoms with Crippen LogP contribution in [-0.2, 0) is 4.74 Å². The number of nitrogens with one attached hydrogen (secondary N) is 1. The first kappa shape index (κ1) is 12.5. The summed E-state index contributed by atoms with van der Waals surface area (Å²) < 4.78 is 5.32. The molecule has 0 aliphatic carbocycles. The SMILES string of the molecule is CC1COCCC1Nc1nc(N)ncc1[N+](=O)[O-]. The van der Waals surface area contributed by atoms with E-state index in [-0.39, 0.29) is 29.4 Å². The minimum atomic E-state index is -0.522. The Labute approximate surface area is 104 Å². The van der Waals surface area contributed by atoms with Gasteiger partial charge in [-0.15, -0.1) is 0 Å². The zero-order valence-corrected chi connectivity index (χ0v) is 10.00. The van der Waals surface area contributed by atoms with Crippen LogP contribution in [0.5, 0.6) is 0 Å². The molecule has 0 saturated carbocycles. The Hall–Kier alpha value is -1.96. The van der Waals surface area contributed by atoms with Crippen LogP contribution in [0.25, 0.3) is 0 Å². The minimum Gasteiger partial charge on any atom is -0.381 e. The Kier molecular flexibility index (Phi) is 3.56. The van der Waals surface area contributed by atoms with Crippen LogP contribution in [0.4, 0.5) is 17.5 Å². The minimum absolute atomic E-state index is 0.0165. The predicted octanol–water partition coefficient (Wildman–Crippen LogP) is 0.804. The van der Waals surface area contributed by atoms with Crippen molar-refractivity contribution in [2.24, 2.45) is 5.92 Å². The van der Waals surface area contributed by atoms with Gasteiger partial charge in [0.15, 0.2) is 0 Å². The lowest BCUT2D eigenvalue weighted by Crippen LogP contribution is -2.36. The molecule has 1 aliphatic rings. The number of nitro groups is 1. The lowest BCUT2D eigenvalue weighted by molar-refractivity contribution is -0.384. The molecule has 0 aromatic carbocycles. The molecule has 1 aromatic heterocycles. The van der Waals surface area contributed by atoms with Crippen molar-refractivity contribution in [3.8, 4) is 0 Å². The van der Waals surface area contributed by atoms with Crippen LogP contribution in [0.15, 0.2) is 6.20 Å². The third-order valence-electron chi connectivity index (χ3n) is 2.95. The van der Waals surface area contributed by atoms with Crippen LogP contribution in [0.1, 0.15) is 13.3 Å². The molecule has 18 heavy (non-hydrogen) atoms. The second-order valence-electron chi connectivity index (χ2n) is 4.31. The highest BCUT2D eigenvalue weighted by Crippen LogP contribution is 2.25. The van der Waals surface area contributed by atoms with Gasteiger partial charge in [0.1, 0.15) is 6.20 Å². The van der Waals surface area contributed by atoms with E-state index in [1.54, 1.807) is 0 Å². The normalized spacial score (nSPS) is 23.6. The number of rotatable bonds is 3. The number of nitrogens with two attached hydrogens (primary N) is 1. The molecule has 0 amide bonds. The number of aromatic nitrogens is 2. The van der Waals surface area contributed by atoms with Crippen molar-refractivity contribution >= 4 is 17.5 Å². The molecule has 2 heterocycles. The zero-order chi connectivity index (χ0) is 13.1. The molecule has 1 aliphatic heterocycles. The van der Waals surface area contributed by atoms with Gasteiger partial charge in [-0.1, -0.05) is 6.92 Å². The smallest absolute Gasteiger partial charge is 0.329 e. The van der Waals surface area contributed by atoms with Crippen LogP contribution >= 0.6 is 0 Å². The fraction of sp³-hybridized carbons (Fsp3) is 0.600. The van der Waals surface area contributed by atoms with E-state index in [4.69, 9.17) is 10.5 Å². The van der Waals surface area contributed by atoms with Gasteiger partial charge in [0, 0.05) is 12.6 Å². The van der Waals surface area contributed by atoms with Gasteiger partial charge in [-0.2, -0.15) is 4.98 Å². The number of nitrogen functional groups attached to an aromatic ring is 1. The standard InChI is InChI=1S/C10H15N5O3/c1-6-5-18-3-2-7(6)13-9-8(15(16)17)4-12-10(11)14-9/h4,6-7H,2-3,5H2,1H3,(H3,11,12,13,14). The maximum absolute atomic E-state index is 10.9. The van der Waals surface area contributed by atoms with Crippen LogP contribution in [0, 0.1) is 16.0 Å². The summed E-state index contributed by atoms with van der Waals surface area (Å²) in [6, 6.07) is 0.0896. The summed E-state index contributed by atoms with van der Waals surface area (Å²) in [6.07, 6.45) is 1.90. The van der Waals surface area contributed by atoms with E-state index >= 15 is 0 Å². The average Bonchev–Trinajstić information content (AvgIpc) is 2.32. The first-order chi connectivity index (χ1) is 8.58. The van der Waals surface area contributed by atoms with Crippen molar-refractivity contribution in [3.05, 3.63) is 16.3 Å². The molecule has 0 spiro atoms. The van der Waals surface area contributed by atoms with Gasteiger partial charge in [0.2, 0.25) is 11.8 Å². The topological polar surface area (TPSA) is 116 Å². The average molecular weight is 253 g/mol. The summed E-state index contributed by atoms with van der Waals surface area (Å²) in [5.41, 5.74) is 5.29. The number of hydrogen-bond donors (Lipinski definition) is 2. The monoisotopic (exact) mass is 253 g/mol. The highest BCUT2D eigenvalue weighted by atomic mass is 16.6. The molecule has 98 valence electrons. The van der Waals surface area contributed by atoms with Crippen molar-refractivity contribution in [3.63, 3.8) is 0 Å². The van der Waals surface area contributed by atoms with Crippen molar-refractivity contribution < 1.29 is 9.66 Å². The molecule has 2 rings (SSSR count). The summed E-state index contributed by atoms with van der Waals surface area (Å²) in [4.78, 5) is 17.9. The molecular formula is C10H15N5O3. The molecule has 1 saturated heterocycles. The summed E-state index contributed by atoms with van der Waals surface area (Å²) in [6.45, 7) is 3.29. The van der Waals surface area contributed by atoms with Gasteiger partial charge in [-0.05, 0) is 12.3 Å². The first-order valence-corrected chi connectivity index (χ1v) is 5.69. The van der Waals surface area contributed by atoms with Gasteiger partial charge in [0.05, 0.1) is 11.5 Å². The summed E-state index contributed by atoms with van der Waals surface area (Å²) in [7, 11) is 0. The van der Waals surface area contributed by atoms with E-state index in [0.29, 0.717) is 13.2 Å². The van der Waals surface area contributed by atoms with Gasteiger partial charge in [-0.3, -0.25) is 10.1 Å². The quantitative estimate of drug-likeness (QED) is 0.604. The summed E-state index contributed by atoms with van der Waals surface area (Å²) >= 11 is 0. The number of ether oxygens (including phenoxy) is 1. The Morgan fingerprint density at radius 1 is 1.67 bits per heavy atom. The van der Waals surface area contributed by atoms with E-state index in [9.17, 15) is 10.1 Å². The van der Waals surface area contributed by atoms with Crippen LogP contribution in [0.3, 0.4) is 0 Å². The largest absolute Gasteiger partial charge is 0.381 e. The fourth-order valence-electron chi connectivity index (χ4n) is 1.90. The molecule has 1 aromatic rings. The lowest BCUT2D eigenvalue weighted by atomic mass is 9.98. The highest BCUT2D eigenvalue weighted by Gasteiger charge is 2.25. The van der Waals surface area contributed by atoms with Crippen molar-refractivity contribution in [2.45, 2.75) is 19.4 Å². The Balaban J connectivity index is 2.21. The van der Waals surface area contributed by atoms with Gasteiger partial charge >= 0.3 is 5.69 Å². The lowest BCUT2D eigenvalue weighted by Gasteiger charge is -2.29. The Morgan fingerprint density at radius 3 is 3.11 bits per heavy atom. The van der Waals surface area contributed by atoms with Crippen LogP contribution < -0.4 is 11.1 Å². The molecule has 8 heteroatoms. The number of anilines is 2. The molecule has 8 nitrogen and oxygen atoms in total. The molecule has 2 unspecified atom stereocenters. The summed E-state index contributed by atoms with van der Waals surface area (Å²) in [5.74, 6) is 0.448. The van der Waals surface area contributed by atoms with Gasteiger partial charge in [-0.25, -0.2) is 4.98 Å². The highest BCUT2D eigenvalue weighted by molar-refractivity contribution is 5.56. The van der Waals surface area contributed by atoms with Crippen LogP contribution in [0.2, 0.25) is 0 Å². The fourth-order valence-corrected chi connectivity index (χ4v) is 1.90. The third kappa shape index (κ3) is 2.65. The molecular weight excluding hydrogens is 238 g/mol. The van der Waals surface area contributed by atoms with E-state index in [0.717, 1.165) is 12.6 Å². The first-order valence-electron chi connectivity index (χ1n) is 5.69. The zero-order valence-electron chi connectivity index (χ0n) is 10.00. The number of hydrogen-bond acceptors (Lipinski definition) is 7. The Morgan fingerprint density at radius 2 is 2.44 bits per heavy atom. The maximum atomic E-state index is 10.9. The second-order valence-corrected chi connectivity index (χ2v) is 4.31. The number of nitrogens with zero attached hydrogens (tertiary/aromatic N) is 3. The van der Waals surface area contributed by atoms with E-state index in [2.05, 4.69) is 15.3 Å². The van der Waals surface area contributed by atoms with Crippen molar-refractivity contribution in [2.75, 3.05) is 24.3 Å². The van der Waals surface area contributed by atoms with E-state index < -0.39 is 4.92 Å². The molecule has 2 atom stereocenters. The Bertz CT molecular complexity index is 453. The molecule has 0 radical (unpaired) electrons. The predicted molar refractivity (Wildman–Crippen MR) is 65.1 cm³/mol. The van der Waals surface area contributed by atoms with Crippen molar-refractivity contribution in [1.29, 1.82) is 0 Å². The van der Waals surface area contributed by atoms with Crippen molar-refractivity contribution in [1.82, 2.24) is 9.97 Å².